The second kappa shape index (κ2) is 5.90. The highest BCUT2D eigenvalue weighted by Crippen LogP contribution is 2.25. The number of halogens is 1. The van der Waals surface area contributed by atoms with E-state index in [1.54, 1.807) is 12.3 Å². The molecular formula is C19H14FNO. The first-order valence-corrected chi connectivity index (χ1v) is 6.97. The number of carbonyl (C=O) groups is 1. The highest BCUT2D eigenvalue weighted by Gasteiger charge is 2.15. The lowest BCUT2D eigenvalue weighted by Crippen LogP contribution is -2.04. The van der Waals surface area contributed by atoms with E-state index in [0.717, 1.165) is 16.8 Å². The molecule has 0 amide bonds. The van der Waals surface area contributed by atoms with Crippen LogP contribution in [0.1, 0.15) is 21.5 Å². The number of nitrogens with zero attached hydrogens (tertiary/aromatic N) is 1. The Hall–Kier alpha value is -2.81. The van der Waals surface area contributed by atoms with Crippen molar-refractivity contribution in [2.24, 2.45) is 0 Å². The van der Waals surface area contributed by atoms with Crippen molar-refractivity contribution >= 4 is 5.78 Å². The topological polar surface area (TPSA) is 30.0 Å². The Morgan fingerprint density at radius 3 is 2.45 bits per heavy atom. The predicted octanol–water partition coefficient (Wildman–Crippen LogP) is 4.43. The zero-order valence-electron chi connectivity index (χ0n) is 12.1. The van der Waals surface area contributed by atoms with Crippen LogP contribution in [0.15, 0.2) is 66.9 Å². The molecule has 0 unspecified atom stereocenters. The van der Waals surface area contributed by atoms with Gasteiger partial charge in [-0.25, -0.2) is 4.39 Å². The highest BCUT2D eigenvalue weighted by atomic mass is 19.1. The van der Waals surface area contributed by atoms with Crippen LogP contribution in [0.5, 0.6) is 0 Å². The summed E-state index contributed by atoms with van der Waals surface area (Å²) in [5.74, 6) is -0.494. The zero-order valence-corrected chi connectivity index (χ0v) is 12.1. The van der Waals surface area contributed by atoms with Gasteiger partial charge < -0.3 is 0 Å². The number of aromatic nitrogens is 1. The number of benzene rings is 2. The first kappa shape index (κ1) is 14.1. The third-order valence-electron chi connectivity index (χ3n) is 3.47. The summed E-state index contributed by atoms with van der Waals surface area (Å²) in [7, 11) is 0. The molecule has 1 heterocycles. The molecule has 2 nitrogen and oxygen atoms in total. The summed E-state index contributed by atoms with van der Waals surface area (Å²) in [5.41, 5.74) is 3.61. The molecule has 0 atom stereocenters. The Kier molecular flexibility index (Phi) is 3.79. The van der Waals surface area contributed by atoms with Crippen molar-refractivity contribution in [3.05, 3.63) is 89.4 Å². The van der Waals surface area contributed by atoms with Crippen molar-refractivity contribution in [1.82, 2.24) is 4.98 Å². The van der Waals surface area contributed by atoms with Crippen LogP contribution in [0.3, 0.4) is 0 Å². The minimum Gasteiger partial charge on any atom is -0.289 e. The van der Waals surface area contributed by atoms with Gasteiger partial charge in [0.05, 0.1) is 5.69 Å². The number of rotatable bonds is 3. The van der Waals surface area contributed by atoms with Gasteiger partial charge in [0, 0.05) is 22.9 Å². The molecule has 0 spiro atoms. The lowest BCUT2D eigenvalue weighted by molar-refractivity contribution is 0.103. The van der Waals surface area contributed by atoms with Gasteiger partial charge >= 0.3 is 0 Å². The van der Waals surface area contributed by atoms with E-state index >= 15 is 0 Å². The van der Waals surface area contributed by atoms with Crippen molar-refractivity contribution in [3.8, 4) is 11.3 Å². The Morgan fingerprint density at radius 2 is 1.77 bits per heavy atom. The molecule has 0 radical (unpaired) electrons. The van der Waals surface area contributed by atoms with Crippen molar-refractivity contribution < 1.29 is 9.18 Å². The summed E-state index contributed by atoms with van der Waals surface area (Å²) in [4.78, 5) is 17.0. The van der Waals surface area contributed by atoms with Crippen LogP contribution >= 0.6 is 0 Å². The van der Waals surface area contributed by atoms with Gasteiger partial charge in [-0.05, 0) is 49.4 Å². The Bertz CT molecular complexity index is 811. The maximum absolute atomic E-state index is 13.0. The Morgan fingerprint density at radius 1 is 1.00 bits per heavy atom. The summed E-state index contributed by atoms with van der Waals surface area (Å²) in [6, 6.07) is 16.8. The van der Waals surface area contributed by atoms with E-state index < -0.39 is 0 Å². The molecule has 0 saturated heterocycles. The average molecular weight is 291 g/mol. The molecule has 0 N–H and O–H groups in total. The molecule has 2 aromatic carbocycles. The lowest BCUT2D eigenvalue weighted by Gasteiger charge is -2.10. The maximum atomic E-state index is 13.0. The van der Waals surface area contributed by atoms with E-state index in [1.807, 2.05) is 37.3 Å². The predicted molar refractivity (Wildman–Crippen MR) is 84.2 cm³/mol. The standard InChI is InChI=1S/C19H14FNO/c1-13-5-10-16(17(12-13)18-4-2-3-11-21-18)19(22)14-6-8-15(20)9-7-14/h2-12H,1H3. The fourth-order valence-corrected chi connectivity index (χ4v) is 2.35. The second-order valence-electron chi connectivity index (χ2n) is 5.10. The van der Waals surface area contributed by atoms with E-state index in [2.05, 4.69) is 4.98 Å². The largest absolute Gasteiger partial charge is 0.289 e. The molecular weight excluding hydrogens is 277 g/mol. The van der Waals surface area contributed by atoms with E-state index in [0.29, 0.717) is 11.1 Å². The smallest absolute Gasteiger partial charge is 0.193 e. The van der Waals surface area contributed by atoms with Gasteiger partial charge in [0.25, 0.3) is 0 Å². The van der Waals surface area contributed by atoms with Gasteiger partial charge in [-0.2, -0.15) is 0 Å². The van der Waals surface area contributed by atoms with Crippen molar-refractivity contribution in [2.45, 2.75) is 6.92 Å². The molecule has 0 bridgehead atoms. The summed E-state index contributed by atoms with van der Waals surface area (Å²) >= 11 is 0. The molecule has 22 heavy (non-hydrogen) atoms. The second-order valence-corrected chi connectivity index (χ2v) is 5.10. The highest BCUT2D eigenvalue weighted by molar-refractivity contribution is 6.12. The minimum absolute atomic E-state index is 0.138. The number of pyridine rings is 1. The molecule has 0 aliphatic heterocycles. The normalized spacial score (nSPS) is 10.5. The Labute approximate surface area is 128 Å². The first-order chi connectivity index (χ1) is 10.6. The third kappa shape index (κ3) is 2.79. The van der Waals surface area contributed by atoms with Gasteiger partial charge in [0.2, 0.25) is 0 Å². The fraction of sp³-hybridized carbons (Fsp3) is 0.0526. The van der Waals surface area contributed by atoms with Crippen LogP contribution in [0, 0.1) is 12.7 Å². The van der Waals surface area contributed by atoms with Gasteiger partial charge in [0.15, 0.2) is 5.78 Å². The number of carbonyl (C=O) groups excluding carboxylic acids is 1. The van der Waals surface area contributed by atoms with Crippen molar-refractivity contribution in [2.75, 3.05) is 0 Å². The van der Waals surface area contributed by atoms with Crippen LogP contribution in [0.2, 0.25) is 0 Å². The van der Waals surface area contributed by atoms with Crippen LogP contribution in [0.4, 0.5) is 4.39 Å². The first-order valence-electron chi connectivity index (χ1n) is 6.97. The molecule has 0 saturated carbocycles. The summed E-state index contributed by atoms with van der Waals surface area (Å²) in [5, 5.41) is 0. The van der Waals surface area contributed by atoms with Gasteiger partial charge in [0.1, 0.15) is 5.82 Å². The van der Waals surface area contributed by atoms with Crippen molar-refractivity contribution in [1.29, 1.82) is 0 Å². The number of hydrogen-bond acceptors (Lipinski definition) is 2. The van der Waals surface area contributed by atoms with Crippen LogP contribution < -0.4 is 0 Å². The van der Waals surface area contributed by atoms with Crippen LogP contribution in [-0.2, 0) is 0 Å². The molecule has 3 heteroatoms. The summed E-state index contributed by atoms with van der Waals surface area (Å²) in [6.45, 7) is 1.97. The summed E-state index contributed by atoms with van der Waals surface area (Å²) in [6.07, 6.45) is 1.70. The van der Waals surface area contributed by atoms with E-state index in [9.17, 15) is 9.18 Å². The third-order valence-corrected chi connectivity index (χ3v) is 3.47. The number of hydrogen-bond donors (Lipinski definition) is 0. The average Bonchev–Trinajstić information content (AvgIpc) is 2.56. The lowest BCUT2D eigenvalue weighted by atomic mass is 9.95. The molecule has 1 aromatic heterocycles. The van der Waals surface area contributed by atoms with Crippen molar-refractivity contribution in [3.63, 3.8) is 0 Å². The van der Waals surface area contributed by atoms with Gasteiger partial charge in [-0.15, -0.1) is 0 Å². The summed E-state index contributed by atoms with van der Waals surface area (Å²) < 4.78 is 13.0. The van der Waals surface area contributed by atoms with E-state index in [4.69, 9.17) is 0 Å². The molecule has 3 aromatic rings. The minimum atomic E-state index is -0.356. The van der Waals surface area contributed by atoms with Crippen LogP contribution in [-0.4, -0.2) is 10.8 Å². The van der Waals surface area contributed by atoms with Gasteiger partial charge in [-0.1, -0.05) is 23.8 Å². The molecule has 0 fully saturated rings. The number of aryl methyl sites for hydroxylation is 1. The molecule has 3 rings (SSSR count). The van der Waals surface area contributed by atoms with E-state index in [-0.39, 0.29) is 11.6 Å². The fourth-order valence-electron chi connectivity index (χ4n) is 2.35. The number of ketones is 1. The maximum Gasteiger partial charge on any atom is 0.193 e. The van der Waals surface area contributed by atoms with Crippen LogP contribution in [0.25, 0.3) is 11.3 Å². The Balaban J connectivity index is 2.11. The molecule has 0 aliphatic carbocycles. The molecule has 0 aliphatic rings. The molecule has 108 valence electrons. The van der Waals surface area contributed by atoms with E-state index in [1.165, 1.54) is 24.3 Å². The quantitative estimate of drug-likeness (QED) is 0.668. The SMILES string of the molecule is Cc1ccc(C(=O)c2ccc(F)cc2)c(-c2ccccn2)c1. The monoisotopic (exact) mass is 291 g/mol. The van der Waals surface area contributed by atoms with Gasteiger partial charge in [-0.3, -0.25) is 9.78 Å². The zero-order chi connectivity index (χ0) is 15.5.